The van der Waals surface area contributed by atoms with Gasteiger partial charge in [-0.15, -0.1) is 0 Å². The molecule has 1 heterocycles. The third-order valence-corrected chi connectivity index (χ3v) is 3.56. The SMILES string of the molecule is CCN(CC)Cc1c(O)c(=O)cc(C)n1CCOCCO. The molecule has 0 saturated carbocycles. The van der Waals surface area contributed by atoms with Crippen molar-refractivity contribution in [3.05, 3.63) is 27.7 Å². The maximum atomic E-state index is 11.8. The van der Waals surface area contributed by atoms with E-state index in [4.69, 9.17) is 9.84 Å². The van der Waals surface area contributed by atoms with Crippen molar-refractivity contribution < 1.29 is 14.9 Å². The van der Waals surface area contributed by atoms with E-state index in [2.05, 4.69) is 4.90 Å². The van der Waals surface area contributed by atoms with Crippen molar-refractivity contribution in [2.24, 2.45) is 0 Å². The molecule has 0 amide bonds. The zero-order valence-corrected chi connectivity index (χ0v) is 13.1. The second kappa shape index (κ2) is 8.81. The van der Waals surface area contributed by atoms with Gasteiger partial charge in [-0.2, -0.15) is 0 Å². The summed E-state index contributed by atoms with van der Waals surface area (Å²) in [5, 5.41) is 18.8. The number of hydrogen-bond acceptors (Lipinski definition) is 5. The Hall–Kier alpha value is -1.37. The molecular formula is C15H26N2O4. The first-order valence-electron chi connectivity index (χ1n) is 7.38. The number of aryl methyl sites for hydroxylation is 1. The fraction of sp³-hybridized carbons (Fsp3) is 0.667. The van der Waals surface area contributed by atoms with Crippen LogP contribution in [0.15, 0.2) is 10.9 Å². The number of aliphatic hydroxyl groups is 1. The Morgan fingerprint density at radius 2 is 1.95 bits per heavy atom. The molecule has 6 heteroatoms. The highest BCUT2D eigenvalue weighted by atomic mass is 16.5. The van der Waals surface area contributed by atoms with Gasteiger partial charge in [-0.1, -0.05) is 13.8 Å². The lowest BCUT2D eigenvalue weighted by Gasteiger charge is -2.23. The normalized spacial score (nSPS) is 11.3. The summed E-state index contributed by atoms with van der Waals surface area (Å²) >= 11 is 0. The Kier molecular flexibility index (Phi) is 7.42. The van der Waals surface area contributed by atoms with Gasteiger partial charge in [0.25, 0.3) is 0 Å². The number of rotatable bonds is 9. The zero-order chi connectivity index (χ0) is 15.8. The largest absolute Gasteiger partial charge is 0.503 e. The molecule has 2 N–H and O–H groups in total. The minimum Gasteiger partial charge on any atom is -0.503 e. The maximum Gasteiger partial charge on any atom is 0.223 e. The summed E-state index contributed by atoms with van der Waals surface area (Å²) in [7, 11) is 0. The van der Waals surface area contributed by atoms with Crippen LogP contribution in [-0.2, 0) is 17.8 Å². The van der Waals surface area contributed by atoms with E-state index in [1.807, 2.05) is 25.3 Å². The summed E-state index contributed by atoms with van der Waals surface area (Å²) in [6.45, 7) is 9.39. The van der Waals surface area contributed by atoms with Crippen LogP contribution in [0, 0.1) is 6.92 Å². The van der Waals surface area contributed by atoms with Gasteiger partial charge < -0.3 is 19.5 Å². The molecule has 0 saturated heterocycles. The van der Waals surface area contributed by atoms with E-state index < -0.39 is 0 Å². The molecule has 6 nitrogen and oxygen atoms in total. The van der Waals surface area contributed by atoms with E-state index in [9.17, 15) is 9.90 Å². The Balaban J connectivity index is 3.03. The second-order valence-electron chi connectivity index (χ2n) is 4.89. The minimum absolute atomic E-state index is 0.0132. The number of pyridine rings is 1. The lowest BCUT2D eigenvalue weighted by atomic mass is 10.2. The third-order valence-electron chi connectivity index (χ3n) is 3.56. The Morgan fingerprint density at radius 3 is 2.52 bits per heavy atom. The number of hydrogen-bond donors (Lipinski definition) is 2. The van der Waals surface area contributed by atoms with Crippen molar-refractivity contribution in [1.82, 2.24) is 9.47 Å². The van der Waals surface area contributed by atoms with Crippen LogP contribution in [-0.4, -0.2) is 52.6 Å². The molecule has 1 aromatic rings. The average Bonchev–Trinajstić information content (AvgIpc) is 2.47. The standard InChI is InChI=1S/C15H26N2O4/c1-4-16(5-2)11-13-15(20)14(19)10-12(3)17(13)6-8-21-9-7-18/h10,18,20H,4-9,11H2,1-3H3. The van der Waals surface area contributed by atoms with Gasteiger partial charge in [0.1, 0.15) is 0 Å². The van der Waals surface area contributed by atoms with Gasteiger partial charge in [-0.25, -0.2) is 0 Å². The van der Waals surface area contributed by atoms with E-state index in [0.717, 1.165) is 18.8 Å². The highest BCUT2D eigenvalue weighted by Crippen LogP contribution is 2.16. The van der Waals surface area contributed by atoms with E-state index in [0.29, 0.717) is 25.4 Å². The maximum absolute atomic E-state index is 11.8. The van der Waals surface area contributed by atoms with Crippen molar-refractivity contribution in [2.75, 3.05) is 32.9 Å². The van der Waals surface area contributed by atoms with Gasteiger partial charge in [0.05, 0.1) is 25.5 Å². The molecule has 0 atom stereocenters. The summed E-state index contributed by atoms with van der Waals surface area (Å²) < 4.78 is 7.19. The van der Waals surface area contributed by atoms with Crippen LogP contribution in [0.4, 0.5) is 0 Å². The number of ether oxygens (including phenoxy) is 1. The second-order valence-corrected chi connectivity index (χ2v) is 4.89. The predicted octanol–water partition coefficient (Wildman–Crippen LogP) is 0.713. The van der Waals surface area contributed by atoms with E-state index in [1.165, 1.54) is 6.07 Å². The quantitative estimate of drug-likeness (QED) is 0.657. The van der Waals surface area contributed by atoms with Gasteiger partial charge in [0.2, 0.25) is 5.43 Å². The van der Waals surface area contributed by atoms with Crippen LogP contribution in [0.2, 0.25) is 0 Å². The van der Waals surface area contributed by atoms with E-state index in [1.54, 1.807) is 0 Å². The van der Waals surface area contributed by atoms with E-state index in [-0.39, 0.29) is 24.4 Å². The molecule has 21 heavy (non-hydrogen) atoms. The lowest BCUT2D eigenvalue weighted by Crippen LogP contribution is -2.27. The third kappa shape index (κ3) is 4.84. The lowest BCUT2D eigenvalue weighted by molar-refractivity contribution is 0.0857. The van der Waals surface area contributed by atoms with Gasteiger partial charge in [0.15, 0.2) is 5.75 Å². The molecular weight excluding hydrogens is 272 g/mol. The first-order chi connectivity index (χ1) is 10.0. The summed E-state index contributed by atoms with van der Waals surface area (Å²) in [5.74, 6) is -0.186. The summed E-state index contributed by atoms with van der Waals surface area (Å²) in [5.41, 5.74) is 1.08. The minimum atomic E-state index is -0.345. The average molecular weight is 298 g/mol. The highest BCUT2D eigenvalue weighted by molar-refractivity contribution is 5.29. The highest BCUT2D eigenvalue weighted by Gasteiger charge is 2.15. The summed E-state index contributed by atoms with van der Waals surface area (Å²) in [4.78, 5) is 13.9. The first kappa shape index (κ1) is 17.7. The summed E-state index contributed by atoms with van der Waals surface area (Å²) in [6.07, 6.45) is 0. The van der Waals surface area contributed by atoms with Gasteiger partial charge in [-0.3, -0.25) is 9.69 Å². The van der Waals surface area contributed by atoms with Crippen LogP contribution < -0.4 is 5.43 Å². The predicted molar refractivity (Wildman–Crippen MR) is 81.6 cm³/mol. The van der Waals surface area contributed by atoms with Crippen molar-refractivity contribution in [1.29, 1.82) is 0 Å². The Morgan fingerprint density at radius 1 is 1.29 bits per heavy atom. The van der Waals surface area contributed by atoms with Gasteiger partial charge in [-0.05, 0) is 20.0 Å². The van der Waals surface area contributed by atoms with Crippen LogP contribution in [0.25, 0.3) is 0 Å². The van der Waals surface area contributed by atoms with Crippen LogP contribution in [0.3, 0.4) is 0 Å². The van der Waals surface area contributed by atoms with Gasteiger partial charge >= 0.3 is 0 Å². The summed E-state index contributed by atoms with van der Waals surface area (Å²) in [6, 6.07) is 1.44. The molecule has 0 radical (unpaired) electrons. The smallest absolute Gasteiger partial charge is 0.223 e. The molecule has 0 bridgehead atoms. The molecule has 1 rings (SSSR count). The number of aromatic hydroxyl groups is 1. The molecule has 0 aromatic carbocycles. The molecule has 0 aliphatic carbocycles. The van der Waals surface area contributed by atoms with Crippen LogP contribution in [0.1, 0.15) is 25.2 Å². The van der Waals surface area contributed by atoms with Crippen molar-refractivity contribution >= 4 is 0 Å². The molecule has 0 aliphatic rings. The topological polar surface area (TPSA) is 74.9 Å². The first-order valence-corrected chi connectivity index (χ1v) is 7.38. The Labute approximate surface area is 125 Å². The zero-order valence-electron chi connectivity index (χ0n) is 13.1. The fourth-order valence-corrected chi connectivity index (χ4v) is 2.27. The monoisotopic (exact) mass is 298 g/mol. The van der Waals surface area contributed by atoms with Crippen LogP contribution >= 0.6 is 0 Å². The molecule has 0 spiro atoms. The molecule has 0 aliphatic heterocycles. The molecule has 1 aromatic heterocycles. The number of nitrogens with zero attached hydrogens (tertiary/aromatic N) is 2. The molecule has 120 valence electrons. The molecule has 0 unspecified atom stereocenters. The van der Waals surface area contributed by atoms with Crippen LogP contribution in [0.5, 0.6) is 5.75 Å². The van der Waals surface area contributed by atoms with Crippen molar-refractivity contribution in [2.45, 2.75) is 33.9 Å². The number of aromatic nitrogens is 1. The van der Waals surface area contributed by atoms with Crippen molar-refractivity contribution in [3.8, 4) is 5.75 Å². The fourth-order valence-electron chi connectivity index (χ4n) is 2.27. The number of aliphatic hydroxyl groups excluding tert-OH is 1. The van der Waals surface area contributed by atoms with Gasteiger partial charge in [0, 0.05) is 24.8 Å². The Bertz CT molecular complexity index is 495. The van der Waals surface area contributed by atoms with E-state index >= 15 is 0 Å². The van der Waals surface area contributed by atoms with Crippen molar-refractivity contribution in [3.63, 3.8) is 0 Å². The molecule has 0 fully saturated rings.